The molecule has 0 amide bonds. The van der Waals surface area contributed by atoms with Gasteiger partial charge in [-0.05, 0) is 43.1 Å². The van der Waals surface area contributed by atoms with Crippen LogP contribution in [0.5, 0.6) is 11.5 Å². The van der Waals surface area contributed by atoms with E-state index in [9.17, 15) is 0 Å². The Bertz CT molecular complexity index is 433. The van der Waals surface area contributed by atoms with Crippen LogP contribution < -0.4 is 14.8 Å². The van der Waals surface area contributed by atoms with Crippen LogP contribution in [0.2, 0.25) is 0 Å². The fourth-order valence-corrected chi connectivity index (χ4v) is 2.56. The van der Waals surface area contributed by atoms with Gasteiger partial charge in [0.05, 0.1) is 12.6 Å². The molecule has 4 heteroatoms. The molecule has 0 saturated carbocycles. The number of ether oxygens (including phenoxy) is 3. The third-order valence-corrected chi connectivity index (χ3v) is 3.45. The van der Waals surface area contributed by atoms with E-state index in [1.54, 1.807) is 0 Å². The number of hydrogen-bond acceptors (Lipinski definition) is 4. The lowest BCUT2D eigenvalue weighted by Gasteiger charge is -2.29. The molecule has 0 spiro atoms. The highest BCUT2D eigenvalue weighted by Gasteiger charge is 2.24. The number of hydrogen-bond donors (Lipinski definition) is 1. The maximum Gasteiger partial charge on any atom is 0.161 e. The molecule has 1 unspecified atom stereocenters. The van der Waals surface area contributed by atoms with Crippen LogP contribution in [-0.2, 0) is 11.2 Å². The Balaban J connectivity index is 1.90. The standard InChI is InChI=1S/C14H19NO3/c1-2-16-9-12-11-8-14-13(17-5-6-18-14)7-10(11)3-4-15-12/h7-8,12,15H,2-6,9H2,1H3. The third-order valence-electron chi connectivity index (χ3n) is 3.45. The van der Waals surface area contributed by atoms with Crippen LogP contribution in [0.1, 0.15) is 24.1 Å². The van der Waals surface area contributed by atoms with Crippen LogP contribution >= 0.6 is 0 Å². The van der Waals surface area contributed by atoms with Crippen LogP contribution in [0.15, 0.2) is 12.1 Å². The molecule has 2 aliphatic rings. The van der Waals surface area contributed by atoms with Gasteiger partial charge in [0.15, 0.2) is 11.5 Å². The van der Waals surface area contributed by atoms with Gasteiger partial charge in [-0.3, -0.25) is 0 Å². The van der Waals surface area contributed by atoms with E-state index < -0.39 is 0 Å². The first kappa shape index (κ1) is 11.8. The molecule has 2 heterocycles. The molecule has 1 aromatic carbocycles. The van der Waals surface area contributed by atoms with E-state index in [4.69, 9.17) is 14.2 Å². The van der Waals surface area contributed by atoms with E-state index in [1.807, 2.05) is 6.92 Å². The van der Waals surface area contributed by atoms with Gasteiger partial charge in [0.1, 0.15) is 13.2 Å². The number of rotatable bonds is 3. The summed E-state index contributed by atoms with van der Waals surface area (Å²) < 4.78 is 16.8. The van der Waals surface area contributed by atoms with Gasteiger partial charge >= 0.3 is 0 Å². The molecule has 2 aliphatic heterocycles. The van der Waals surface area contributed by atoms with Crippen LogP contribution in [0.25, 0.3) is 0 Å². The lowest BCUT2D eigenvalue weighted by molar-refractivity contribution is 0.120. The van der Waals surface area contributed by atoms with Crippen molar-refractivity contribution >= 4 is 0 Å². The Kier molecular flexibility index (Phi) is 3.39. The molecule has 4 nitrogen and oxygen atoms in total. The maximum atomic E-state index is 5.65. The summed E-state index contributed by atoms with van der Waals surface area (Å²) in [5.41, 5.74) is 2.64. The molecule has 0 bridgehead atoms. The number of fused-ring (bicyclic) bond motifs is 2. The molecule has 18 heavy (non-hydrogen) atoms. The van der Waals surface area contributed by atoms with Crippen molar-refractivity contribution in [1.29, 1.82) is 0 Å². The lowest BCUT2D eigenvalue weighted by Crippen LogP contribution is -2.33. The minimum atomic E-state index is 0.268. The van der Waals surface area contributed by atoms with Crippen molar-refractivity contribution in [3.63, 3.8) is 0 Å². The number of benzene rings is 1. The first-order valence-electron chi connectivity index (χ1n) is 6.62. The normalized spacial score (nSPS) is 21.5. The average Bonchev–Trinajstić information content (AvgIpc) is 2.43. The predicted octanol–water partition coefficient (Wildman–Crippen LogP) is 1.68. The second-order valence-electron chi connectivity index (χ2n) is 4.61. The summed E-state index contributed by atoms with van der Waals surface area (Å²) in [6.45, 7) is 5.75. The van der Waals surface area contributed by atoms with Gasteiger partial charge in [-0.25, -0.2) is 0 Å². The Labute approximate surface area is 107 Å². The molecule has 1 atom stereocenters. The SMILES string of the molecule is CCOCC1NCCc2cc3c(cc21)OCCO3. The van der Waals surface area contributed by atoms with E-state index >= 15 is 0 Å². The van der Waals surface area contributed by atoms with E-state index in [0.717, 1.165) is 31.1 Å². The average molecular weight is 249 g/mol. The zero-order chi connectivity index (χ0) is 12.4. The molecule has 0 fully saturated rings. The van der Waals surface area contributed by atoms with E-state index in [-0.39, 0.29) is 6.04 Å². The van der Waals surface area contributed by atoms with Crippen molar-refractivity contribution < 1.29 is 14.2 Å². The first-order chi connectivity index (χ1) is 8.88. The first-order valence-corrected chi connectivity index (χ1v) is 6.62. The number of nitrogens with one attached hydrogen (secondary N) is 1. The molecule has 98 valence electrons. The third kappa shape index (κ3) is 2.18. The van der Waals surface area contributed by atoms with Gasteiger partial charge in [0.25, 0.3) is 0 Å². The largest absolute Gasteiger partial charge is 0.486 e. The van der Waals surface area contributed by atoms with Gasteiger partial charge < -0.3 is 19.5 Å². The molecule has 1 N–H and O–H groups in total. The summed E-state index contributed by atoms with van der Waals surface area (Å²) in [5, 5.41) is 3.50. The maximum absolute atomic E-state index is 5.65. The van der Waals surface area contributed by atoms with Crippen molar-refractivity contribution in [3.8, 4) is 11.5 Å². The summed E-state index contributed by atoms with van der Waals surface area (Å²) >= 11 is 0. The Morgan fingerprint density at radius 1 is 1.28 bits per heavy atom. The lowest BCUT2D eigenvalue weighted by atomic mass is 9.94. The fourth-order valence-electron chi connectivity index (χ4n) is 2.56. The molecule has 0 aliphatic carbocycles. The summed E-state index contributed by atoms with van der Waals surface area (Å²) in [6, 6.07) is 4.51. The molecule has 0 radical (unpaired) electrons. The molecule has 1 aromatic rings. The molecule has 3 rings (SSSR count). The minimum absolute atomic E-state index is 0.268. The Morgan fingerprint density at radius 3 is 2.83 bits per heavy atom. The smallest absolute Gasteiger partial charge is 0.161 e. The van der Waals surface area contributed by atoms with Crippen LogP contribution in [0.4, 0.5) is 0 Å². The minimum Gasteiger partial charge on any atom is -0.486 e. The van der Waals surface area contributed by atoms with Crippen molar-refractivity contribution in [2.45, 2.75) is 19.4 Å². The second kappa shape index (κ2) is 5.16. The zero-order valence-electron chi connectivity index (χ0n) is 10.7. The van der Waals surface area contributed by atoms with Crippen LogP contribution in [-0.4, -0.2) is 33.0 Å². The van der Waals surface area contributed by atoms with Crippen LogP contribution in [0.3, 0.4) is 0 Å². The molecule has 0 aromatic heterocycles. The highest BCUT2D eigenvalue weighted by Crippen LogP contribution is 2.36. The summed E-state index contributed by atoms with van der Waals surface area (Å²) in [4.78, 5) is 0. The molecular weight excluding hydrogens is 230 g/mol. The fraction of sp³-hybridized carbons (Fsp3) is 0.571. The van der Waals surface area contributed by atoms with E-state index in [1.165, 1.54) is 11.1 Å². The van der Waals surface area contributed by atoms with Crippen molar-refractivity contribution in [1.82, 2.24) is 5.32 Å². The summed E-state index contributed by atoms with van der Waals surface area (Å²) in [7, 11) is 0. The van der Waals surface area contributed by atoms with Crippen molar-refractivity contribution in [3.05, 3.63) is 23.3 Å². The zero-order valence-corrected chi connectivity index (χ0v) is 10.7. The predicted molar refractivity (Wildman–Crippen MR) is 68.4 cm³/mol. The van der Waals surface area contributed by atoms with Gasteiger partial charge in [0.2, 0.25) is 0 Å². The highest BCUT2D eigenvalue weighted by atomic mass is 16.6. The molecule has 0 saturated heterocycles. The van der Waals surface area contributed by atoms with Gasteiger partial charge in [0, 0.05) is 6.61 Å². The summed E-state index contributed by atoms with van der Waals surface area (Å²) in [6.07, 6.45) is 1.04. The molecular formula is C14H19NO3. The second-order valence-corrected chi connectivity index (χ2v) is 4.61. The van der Waals surface area contributed by atoms with Gasteiger partial charge in [-0.15, -0.1) is 0 Å². The quantitative estimate of drug-likeness (QED) is 0.884. The van der Waals surface area contributed by atoms with Crippen molar-refractivity contribution in [2.24, 2.45) is 0 Å². The summed E-state index contributed by atoms with van der Waals surface area (Å²) in [5.74, 6) is 1.75. The monoisotopic (exact) mass is 249 g/mol. The van der Waals surface area contributed by atoms with Crippen LogP contribution in [0, 0.1) is 0 Å². The van der Waals surface area contributed by atoms with Crippen molar-refractivity contribution in [2.75, 3.05) is 33.0 Å². The Morgan fingerprint density at radius 2 is 2.06 bits per heavy atom. The topological polar surface area (TPSA) is 39.7 Å². The Hall–Kier alpha value is -1.26. The highest BCUT2D eigenvalue weighted by molar-refractivity contribution is 5.50. The van der Waals surface area contributed by atoms with Gasteiger partial charge in [-0.1, -0.05) is 0 Å². The van der Waals surface area contributed by atoms with E-state index in [0.29, 0.717) is 19.8 Å². The van der Waals surface area contributed by atoms with Gasteiger partial charge in [-0.2, -0.15) is 0 Å². The van der Waals surface area contributed by atoms with E-state index in [2.05, 4.69) is 17.4 Å².